The normalized spacial score (nSPS) is 16.1. The van der Waals surface area contributed by atoms with Gasteiger partial charge in [-0.25, -0.2) is 4.79 Å². The van der Waals surface area contributed by atoms with E-state index in [4.69, 9.17) is 5.11 Å². The molecule has 8 heteroatoms. The Labute approximate surface area is 222 Å². The fourth-order valence-corrected chi connectivity index (χ4v) is 5.93. The van der Waals surface area contributed by atoms with Crippen molar-refractivity contribution in [2.75, 3.05) is 0 Å². The van der Waals surface area contributed by atoms with Crippen molar-refractivity contribution >= 4 is 29.6 Å². The number of hydrogen-bond acceptors (Lipinski definition) is 5. The summed E-state index contributed by atoms with van der Waals surface area (Å²) in [6.45, 7) is 9.16. The average molecular weight is 530 g/mol. The van der Waals surface area contributed by atoms with Crippen LogP contribution < -0.4 is 5.32 Å². The van der Waals surface area contributed by atoms with Gasteiger partial charge < -0.3 is 20.6 Å². The standard InChI is InChI=1S/C28H51NO6S/c1-6-8-9-10-11-12-13-14-15-16-18-21(3)25(23(31)19-17-20-24(32)33)36-28(5,7-2)26(27(34)35)29-22(4)30/h18,23,25-26,31H,6-17,19-20H2,1-5H3,(H,29,30)(H,32,33)(H,34,35)/t23-,25-,26+,28+/m0/s1. The van der Waals surface area contributed by atoms with Crippen LogP contribution in [0.5, 0.6) is 0 Å². The van der Waals surface area contributed by atoms with Crippen LogP contribution in [0.3, 0.4) is 0 Å². The number of thioether (sulfide) groups is 1. The van der Waals surface area contributed by atoms with E-state index in [0.29, 0.717) is 19.3 Å². The predicted molar refractivity (Wildman–Crippen MR) is 148 cm³/mol. The number of aliphatic hydroxyl groups is 1. The molecule has 0 aromatic carbocycles. The van der Waals surface area contributed by atoms with Crippen LogP contribution in [0.4, 0.5) is 0 Å². The maximum atomic E-state index is 12.0. The van der Waals surface area contributed by atoms with E-state index in [-0.39, 0.29) is 6.42 Å². The number of aliphatic carboxylic acids is 2. The second kappa shape index (κ2) is 19.6. The van der Waals surface area contributed by atoms with Crippen molar-refractivity contribution in [2.45, 2.75) is 147 Å². The van der Waals surface area contributed by atoms with Crippen molar-refractivity contribution in [3.63, 3.8) is 0 Å². The highest BCUT2D eigenvalue weighted by molar-refractivity contribution is 8.01. The Morgan fingerprint density at radius 1 is 0.917 bits per heavy atom. The van der Waals surface area contributed by atoms with Crippen LogP contribution in [0.1, 0.15) is 125 Å². The van der Waals surface area contributed by atoms with Gasteiger partial charge in [0.05, 0.1) is 11.4 Å². The van der Waals surface area contributed by atoms with Gasteiger partial charge in [-0.05, 0) is 46.0 Å². The van der Waals surface area contributed by atoms with Gasteiger partial charge in [-0.15, -0.1) is 11.8 Å². The number of hydrogen-bond donors (Lipinski definition) is 4. The molecule has 0 radical (unpaired) electrons. The Morgan fingerprint density at radius 2 is 1.47 bits per heavy atom. The molecule has 0 aliphatic heterocycles. The number of aliphatic hydroxyl groups excluding tert-OH is 1. The molecule has 7 nitrogen and oxygen atoms in total. The van der Waals surface area contributed by atoms with Gasteiger partial charge in [0.2, 0.25) is 5.91 Å². The van der Waals surface area contributed by atoms with Gasteiger partial charge in [-0.2, -0.15) is 0 Å². The molecule has 210 valence electrons. The third-order valence-electron chi connectivity index (χ3n) is 6.77. The number of carbonyl (C=O) groups excluding carboxylic acids is 1. The summed E-state index contributed by atoms with van der Waals surface area (Å²) in [7, 11) is 0. The van der Waals surface area contributed by atoms with Crippen LogP contribution in [0.15, 0.2) is 11.6 Å². The summed E-state index contributed by atoms with van der Waals surface area (Å²) >= 11 is 1.37. The van der Waals surface area contributed by atoms with Crippen LogP contribution >= 0.6 is 11.8 Å². The van der Waals surface area contributed by atoms with E-state index in [1.807, 2.05) is 13.8 Å². The minimum Gasteiger partial charge on any atom is -0.481 e. The summed E-state index contributed by atoms with van der Waals surface area (Å²) < 4.78 is -0.858. The fraction of sp³-hybridized carbons (Fsp3) is 0.821. The second-order valence-electron chi connectivity index (χ2n) is 10.1. The molecular weight excluding hydrogens is 478 g/mol. The average Bonchev–Trinajstić information content (AvgIpc) is 2.81. The first-order valence-electron chi connectivity index (χ1n) is 13.7. The third kappa shape index (κ3) is 14.9. The molecule has 0 saturated heterocycles. The summed E-state index contributed by atoms with van der Waals surface area (Å²) in [6.07, 6.45) is 14.5. The molecule has 0 bridgehead atoms. The number of carboxylic acid groups (broad SMARTS) is 2. The summed E-state index contributed by atoms with van der Waals surface area (Å²) in [5.41, 5.74) is 0.967. The zero-order valence-electron chi connectivity index (χ0n) is 23.2. The van der Waals surface area contributed by atoms with E-state index in [9.17, 15) is 24.6 Å². The summed E-state index contributed by atoms with van der Waals surface area (Å²) in [5, 5.41) is 32.0. The van der Waals surface area contributed by atoms with E-state index in [0.717, 1.165) is 24.8 Å². The Morgan fingerprint density at radius 3 is 1.94 bits per heavy atom. The molecule has 0 aliphatic rings. The van der Waals surface area contributed by atoms with Crippen LogP contribution in [0.25, 0.3) is 0 Å². The number of carbonyl (C=O) groups is 3. The monoisotopic (exact) mass is 529 g/mol. The largest absolute Gasteiger partial charge is 0.481 e. The van der Waals surface area contributed by atoms with Crippen molar-refractivity contribution in [3.05, 3.63) is 11.6 Å². The van der Waals surface area contributed by atoms with E-state index < -0.39 is 40.0 Å². The maximum absolute atomic E-state index is 12.0. The molecule has 0 heterocycles. The molecule has 0 fully saturated rings. The Balaban J connectivity index is 5.27. The molecule has 0 aliphatic carbocycles. The Hall–Kier alpha value is -1.54. The Bertz CT molecular complexity index is 683. The number of amides is 1. The third-order valence-corrected chi connectivity index (χ3v) is 8.77. The van der Waals surface area contributed by atoms with Crippen molar-refractivity contribution in [3.8, 4) is 0 Å². The number of allylic oxidation sites excluding steroid dienone is 1. The van der Waals surface area contributed by atoms with Gasteiger partial charge in [-0.3, -0.25) is 9.59 Å². The number of carboxylic acids is 2. The molecule has 0 spiro atoms. The molecule has 0 rings (SSSR count). The molecule has 4 atom stereocenters. The highest BCUT2D eigenvalue weighted by Gasteiger charge is 2.42. The van der Waals surface area contributed by atoms with Gasteiger partial charge in [0.25, 0.3) is 0 Å². The Kier molecular flexibility index (Phi) is 18.7. The van der Waals surface area contributed by atoms with Crippen LogP contribution in [0.2, 0.25) is 0 Å². The fourth-order valence-electron chi connectivity index (χ4n) is 4.31. The summed E-state index contributed by atoms with van der Waals surface area (Å²) in [5.74, 6) is -2.43. The topological polar surface area (TPSA) is 124 Å². The molecule has 0 saturated carbocycles. The summed E-state index contributed by atoms with van der Waals surface area (Å²) in [4.78, 5) is 34.6. The zero-order chi connectivity index (χ0) is 27.6. The van der Waals surface area contributed by atoms with Gasteiger partial charge in [0.15, 0.2) is 0 Å². The quantitative estimate of drug-likeness (QED) is 0.0954. The minimum atomic E-state index is -1.11. The highest BCUT2D eigenvalue weighted by atomic mass is 32.2. The van der Waals surface area contributed by atoms with Gasteiger partial charge in [0.1, 0.15) is 6.04 Å². The van der Waals surface area contributed by atoms with Crippen molar-refractivity contribution < 1.29 is 29.7 Å². The van der Waals surface area contributed by atoms with Gasteiger partial charge in [-0.1, -0.05) is 76.9 Å². The molecule has 36 heavy (non-hydrogen) atoms. The number of rotatable bonds is 22. The zero-order valence-corrected chi connectivity index (χ0v) is 24.0. The van der Waals surface area contributed by atoms with E-state index in [1.54, 1.807) is 6.92 Å². The van der Waals surface area contributed by atoms with E-state index in [2.05, 4.69) is 18.3 Å². The van der Waals surface area contributed by atoms with Crippen molar-refractivity contribution in [2.24, 2.45) is 0 Å². The lowest BCUT2D eigenvalue weighted by molar-refractivity contribution is -0.142. The van der Waals surface area contributed by atoms with E-state index in [1.165, 1.54) is 63.6 Å². The van der Waals surface area contributed by atoms with Crippen LogP contribution in [0, 0.1) is 0 Å². The number of nitrogens with one attached hydrogen (secondary N) is 1. The molecule has 1 amide bonds. The smallest absolute Gasteiger partial charge is 0.327 e. The first-order valence-corrected chi connectivity index (χ1v) is 14.6. The molecule has 4 N–H and O–H groups in total. The molecule has 0 aromatic rings. The second-order valence-corrected chi connectivity index (χ2v) is 11.8. The maximum Gasteiger partial charge on any atom is 0.327 e. The lowest BCUT2D eigenvalue weighted by Gasteiger charge is -2.38. The lowest BCUT2D eigenvalue weighted by Crippen LogP contribution is -2.54. The van der Waals surface area contributed by atoms with Crippen LogP contribution in [-0.4, -0.2) is 55.3 Å². The highest BCUT2D eigenvalue weighted by Crippen LogP contribution is 2.40. The molecule has 0 unspecified atom stereocenters. The first kappa shape index (κ1) is 34.5. The first-order chi connectivity index (χ1) is 17.0. The van der Waals surface area contributed by atoms with Crippen LogP contribution in [-0.2, 0) is 14.4 Å². The summed E-state index contributed by atoms with van der Waals surface area (Å²) in [6, 6.07) is -1.11. The van der Waals surface area contributed by atoms with Gasteiger partial charge >= 0.3 is 11.9 Å². The number of unbranched alkanes of at least 4 members (excludes halogenated alkanes) is 9. The predicted octanol–water partition coefficient (Wildman–Crippen LogP) is 6.33. The van der Waals surface area contributed by atoms with E-state index >= 15 is 0 Å². The molecular formula is C28H51NO6S. The van der Waals surface area contributed by atoms with Crippen molar-refractivity contribution in [1.29, 1.82) is 0 Å². The van der Waals surface area contributed by atoms with Crippen molar-refractivity contribution in [1.82, 2.24) is 5.32 Å². The minimum absolute atomic E-state index is 0.0235. The SMILES string of the molecule is CCCCCCCCCCCC=C(C)[C@H](S[C@](C)(CC)[C@H](NC(C)=O)C(=O)O)[C@@H](O)CCCC(=O)O. The lowest BCUT2D eigenvalue weighted by atomic mass is 9.97. The van der Waals surface area contributed by atoms with Gasteiger partial charge in [0, 0.05) is 18.1 Å². The molecule has 0 aromatic heterocycles.